The van der Waals surface area contributed by atoms with Crippen molar-refractivity contribution in [3.05, 3.63) is 45.7 Å². The van der Waals surface area contributed by atoms with E-state index in [1.54, 1.807) is 31.5 Å². The largest absolute Gasteiger partial charge is 0.496 e. The van der Waals surface area contributed by atoms with Gasteiger partial charge in [-0.15, -0.1) is 11.3 Å². The zero-order chi connectivity index (χ0) is 16.1. The van der Waals surface area contributed by atoms with Crippen molar-refractivity contribution in [2.75, 3.05) is 14.2 Å². The van der Waals surface area contributed by atoms with Crippen molar-refractivity contribution in [1.29, 1.82) is 0 Å². The van der Waals surface area contributed by atoms with Crippen LogP contribution in [0.15, 0.2) is 23.6 Å². The molecule has 7 heteroatoms. The number of nitrogens with zero attached hydrogens (tertiary/aromatic N) is 1. The molecule has 1 atom stereocenters. The third kappa shape index (κ3) is 3.61. The summed E-state index contributed by atoms with van der Waals surface area (Å²) < 4.78 is 24.1. The summed E-state index contributed by atoms with van der Waals surface area (Å²) >= 11 is 1.34. The van der Waals surface area contributed by atoms with Crippen molar-refractivity contribution in [2.45, 2.75) is 19.6 Å². The van der Waals surface area contributed by atoms with Gasteiger partial charge in [-0.25, -0.2) is 9.37 Å². The fourth-order valence-corrected chi connectivity index (χ4v) is 2.81. The van der Waals surface area contributed by atoms with Crippen LogP contribution in [-0.2, 0) is 11.3 Å². The number of nitrogens with one attached hydrogen (secondary N) is 1. The van der Waals surface area contributed by atoms with Gasteiger partial charge >= 0.3 is 0 Å². The third-order valence-corrected chi connectivity index (χ3v) is 3.89. The Morgan fingerprint density at radius 3 is 2.91 bits per heavy atom. The lowest BCUT2D eigenvalue weighted by atomic mass is 10.1. The molecular weight excluding hydrogens is 307 g/mol. The molecule has 1 N–H and O–H groups in total. The number of rotatable bonds is 6. The Morgan fingerprint density at radius 2 is 2.23 bits per heavy atom. The summed E-state index contributed by atoms with van der Waals surface area (Å²) in [6.07, 6.45) is 0. The minimum Gasteiger partial charge on any atom is -0.496 e. The normalized spacial score (nSPS) is 12.0. The van der Waals surface area contributed by atoms with E-state index in [0.29, 0.717) is 28.6 Å². The molecule has 118 valence electrons. The minimum absolute atomic E-state index is 0.291. The molecule has 1 amide bonds. The van der Waals surface area contributed by atoms with Crippen LogP contribution in [0.3, 0.4) is 0 Å². The molecule has 1 heterocycles. The van der Waals surface area contributed by atoms with Crippen molar-refractivity contribution >= 4 is 17.2 Å². The Bertz CT molecular complexity index is 660. The van der Waals surface area contributed by atoms with Crippen LogP contribution in [0.25, 0.3) is 0 Å². The maximum Gasteiger partial charge on any atom is 0.271 e. The highest BCUT2D eigenvalue weighted by molar-refractivity contribution is 7.09. The number of carbonyl (C=O) groups is 1. The van der Waals surface area contributed by atoms with E-state index in [-0.39, 0.29) is 5.91 Å². The monoisotopic (exact) mass is 324 g/mol. The molecule has 5 nitrogen and oxygen atoms in total. The van der Waals surface area contributed by atoms with Crippen LogP contribution in [0.2, 0.25) is 0 Å². The summed E-state index contributed by atoms with van der Waals surface area (Å²) in [5.41, 5.74) is 0.602. The number of ether oxygens (including phenoxy) is 2. The van der Waals surface area contributed by atoms with Gasteiger partial charge in [-0.2, -0.15) is 0 Å². The average molecular weight is 324 g/mol. The van der Waals surface area contributed by atoms with Crippen LogP contribution in [-0.4, -0.2) is 25.1 Å². The highest BCUT2D eigenvalue weighted by Crippen LogP contribution is 2.27. The second-order valence-electron chi connectivity index (χ2n) is 4.61. The van der Waals surface area contributed by atoms with Gasteiger partial charge in [0.05, 0.1) is 25.3 Å². The standard InChI is InChI=1S/C15H17FN2O3S/c1-9(14-10(16)5-4-6-12(14)21-3)17-15(19)11-8-22-13(18-11)7-20-2/h4-6,8-9H,7H2,1-3H3,(H,17,19)/t9-/m0/s1. The summed E-state index contributed by atoms with van der Waals surface area (Å²) in [4.78, 5) is 16.4. The maximum atomic E-state index is 14.0. The van der Waals surface area contributed by atoms with Crippen LogP contribution in [0.5, 0.6) is 5.75 Å². The van der Waals surface area contributed by atoms with Crippen LogP contribution in [0.4, 0.5) is 4.39 Å². The quantitative estimate of drug-likeness (QED) is 0.887. The molecule has 2 aromatic rings. The van der Waals surface area contributed by atoms with Gasteiger partial charge in [-0.05, 0) is 19.1 Å². The molecule has 0 unspecified atom stereocenters. The van der Waals surface area contributed by atoms with Crippen molar-refractivity contribution in [2.24, 2.45) is 0 Å². The third-order valence-electron chi connectivity index (χ3n) is 3.07. The second kappa shape index (κ2) is 7.33. The van der Waals surface area contributed by atoms with E-state index in [2.05, 4.69) is 10.3 Å². The maximum absolute atomic E-state index is 14.0. The fraction of sp³-hybridized carbons (Fsp3) is 0.333. The summed E-state index contributed by atoms with van der Waals surface area (Å²) in [5, 5.41) is 5.09. The van der Waals surface area contributed by atoms with E-state index >= 15 is 0 Å². The van der Waals surface area contributed by atoms with E-state index in [0.717, 1.165) is 0 Å². The molecular formula is C15H17FN2O3S. The zero-order valence-corrected chi connectivity index (χ0v) is 13.4. The Morgan fingerprint density at radius 1 is 1.45 bits per heavy atom. The van der Waals surface area contributed by atoms with E-state index in [9.17, 15) is 9.18 Å². The Balaban J connectivity index is 2.14. The van der Waals surface area contributed by atoms with E-state index < -0.39 is 11.9 Å². The summed E-state index contributed by atoms with van der Waals surface area (Å²) in [6.45, 7) is 2.05. The summed E-state index contributed by atoms with van der Waals surface area (Å²) in [7, 11) is 3.03. The van der Waals surface area contributed by atoms with Crippen LogP contribution in [0.1, 0.15) is 34.0 Å². The van der Waals surface area contributed by atoms with Crippen LogP contribution in [0, 0.1) is 5.82 Å². The van der Waals surface area contributed by atoms with Crippen molar-refractivity contribution < 1.29 is 18.7 Å². The number of hydrogen-bond acceptors (Lipinski definition) is 5. The lowest BCUT2D eigenvalue weighted by Crippen LogP contribution is -2.28. The summed E-state index contributed by atoms with van der Waals surface area (Å²) in [5.74, 6) is -0.395. The van der Waals surface area contributed by atoms with Crippen molar-refractivity contribution in [3.8, 4) is 5.75 Å². The molecule has 22 heavy (non-hydrogen) atoms. The van der Waals surface area contributed by atoms with Gasteiger partial charge in [0.15, 0.2) is 0 Å². The number of benzene rings is 1. The topological polar surface area (TPSA) is 60.5 Å². The van der Waals surface area contributed by atoms with Crippen molar-refractivity contribution in [1.82, 2.24) is 10.3 Å². The first-order valence-electron chi connectivity index (χ1n) is 6.63. The van der Waals surface area contributed by atoms with Gasteiger partial charge in [0.25, 0.3) is 5.91 Å². The first-order chi connectivity index (χ1) is 10.6. The number of thiazole rings is 1. The van der Waals surface area contributed by atoms with E-state index in [4.69, 9.17) is 9.47 Å². The molecule has 1 aromatic heterocycles. The van der Waals surface area contributed by atoms with Gasteiger partial charge in [0.2, 0.25) is 0 Å². The number of aromatic nitrogens is 1. The predicted octanol–water partition coefficient (Wildman–Crippen LogP) is 2.93. The molecule has 0 saturated heterocycles. The molecule has 0 radical (unpaired) electrons. The Hall–Kier alpha value is -1.99. The van der Waals surface area contributed by atoms with Crippen LogP contribution >= 0.6 is 11.3 Å². The first kappa shape index (κ1) is 16.4. The van der Waals surface area contributed by atoms with Gasteiger partial charge in [0.1, 0.15) is 22.3 Å². The molecule has 2 rings (SSSR count). The molecule has 0 fully saturated rings. The number of hydrogen-bond donors (Lipinski definition) is 1. The number of amides is 1. The van der Waals surface area contributed by atoms with Gasteiger partial charge < -0.3 is 14.8 Å². The number of halogens is 1. The molecule has 0 aliphatic carbocycles. The lowest BCUT2D eigenvalue weighted by molar-refractivity contribution is 0.0934. The lowest BCUT2D eigenvalue weighted by Gasteiger charge is -2.17. The minimum atomic E-state index is -0.545. The molecule has 1 aromatic carbocycles. The molecule has 0 bridgehead atoms. The molecule has 0 spiro atoms. The number of methoxy groups -OCH3 is 2. The molecule has 0 aliphatic rings. The second-order valence-corrected chi connectivity index (χ2v) is 5.55. The van der Waals surface area contributed by atoms with Gasteiger partial charge in [-0.3, -0.25) is 4.79 Å². The van der Waals surface area contributed by atoms with Crippen molar-refractivity contribution in [3.63, 3.8) is 0 Å². The SMILES string of the molecule is COCc1nc(C(=O)N[C@@H](C)c2c(F)cccc2OC)cs1. The molecule has 0 saturated carbocycles. The highest BCUT2D eigenvalue weighted by Gasteiger charge is 2.20. The zero-order valence-electron chi connectivity index (χ0n) is 12.6. The Kier molecular flexibility index (Phi) is 5.46. The van der Waals surface area contributed by atoms with Gasteiger partial charge in [0, 0.05) is 12.5 Å². The average Bonchev–Trinajstić information content (AvgIpc) is 2.95. The Labute approximate surface area is 132 Å². The summed E-state index contributed by atoms with van der Waals surface area (Å²) in [6, 6.07) is 4.00. The smallest absolute Gasteiger partial charge is 0.271 e. The van der Waals surface area contributed by atoms with E-state index in [1.165, 1.54) is 24.5 Å². The highest BCUT2D eigenvalue weighted by atomic mass is 32.1. The number of carbonyl (C=O) groups excluding carboxylic acids is 1. The first-order valence-corrected chi connectivity index (χ1v) is 7.51. The van der Waals surface area contributed by atoms with Gasteiger partial charge in [-0.1, -0.05) is 6.07 Å². The van der Waals surface area contributed by atoms with E-state index in [1.807, 2.05) is 0 Å². The van der Waals surface area contributed by atoms with Crippen LogP contribution < -0.4 is 10.1 Å². The fourth-order valence-electron chi connectivity index (χ4n) is 2.06. The molecule has 0 aliphatic heterocycles. The predicted molar refractivity (Wildman–Crippen MR) is 81.7 cm³/mol.